The molecule has 7 heteroatoms. The highest BCUT2D eigenvalue weighted by Gasteiger charge is 2.20. The Kier molecular flexibility index (Phi) is 5.11. The monoisotopic (exact) mass is 304 g/mol. The van der Waals surface area contributed by atoms with Crippen LogP contribution >= 0.6 is 0 Å². The fraction of sp³-hybridized carbons (Fsp3) is 0.400. The molecule has 3 amide bonds. The summed E-state index contributed by atoms with van der Waals surface area (Å²) in [4.78, 5) is 38.4. The summed E-state index contributed by atoms with van der Waals surface area (Å²) in [6.07, 6.45) is 0. The van der Waals surface area contributed by atoms with Crippen LogP contribution in [0, 0.1) is 0 Å². The first-order chi connectivity index (χ1) is 10.5. The number of primary amides is 1. The zero-order valence-electron chi connectivity index (χ0n) is 12.5. The summed E-state index contributed by atoms with van der Waals surface area (Å²) in [5.74, 6) is -0.726. The van der Waals surface area contributed by atoms with Crippen molar-refractivity contribution in [3.63, 3.8) is 0 Å². The fourth-order valence-corrected chi connectivity index (χ4v) is 2.42. The lowest BCUT2D eigenvalue weighted by Gasteiger charge is -2.33. The van der Waals surface area contributed by atoms with Gasteiger partial charge in [-0.1, -0.05) is 12.1 Å². The lowest BCUT2D eigenvalue weighted by atomic mass is 10.1. The third kappa shape index (κ3) is 4.05. The molecule has 0 bridgehead atoms. The molecule has 7 nitrogen and oxygen atoms in total. The topological polar surface area (TPSA) is 95.7 Å². The van der Waals surface area contributed by atoms with Crippen molar-refractivity contribution in [2.45, 2.75) is 6.92 Å². The van der Waals surface area contributed by atoms with Crippen molar-refractivity contribution in [2.24, 2.45) is 5.73 Å². The maximum atomic E-state index is 12.1. The second-order valence-corrected chi connectivity index (χ2v) is 5.24. The van der Waals surface area contributed by atoms with Crippen LogP contribution in [0.15, 0.2) is 24.3 Å². The molecule has 3 N–H and O–H groups in total. The first-order valence-electron chi connectivity index (χ1n) is 7.14. The number of benzene rings is 1. The van der Waals surface area contributed by atoms with Gasteiger partial charge in [0.25, 0.3) is 5.91 Å². The Balaban J connectivity index is 1.89. The van der Waals surface area contributed by atoms with Crippen LogP contribution in [0.1, 0.15) is 17.3 Å². The van der Waals surface area contributed by atoms with Gasteiger partial charge in [0.1, 0.15) is 0 Å². The van der Waals surface area contributed by atoms with Crippen LogP contribution in [0.4, 0.5) is 5.69 Å². The largest absolute Gasteiger partial charge is 0.366 e. The minimum absolute atomic E-state index is 0.0551. The van der Waals surface area contributed by atoms with E-state index in [9.17, 15) is 14.4 Å². The number of anilines is 1. The summed E-state index contributed by atoms with van der Waals surface area (Å²) in [6.45, 7) is 4.33. The number of hydrogen-bond donors (Lipinski definition) is 2. The smallest absolute Gasteiger partial charge is 0.250 e. The zero-order chi connectivity index (χ0) is 16.1. The van der Waals surface area contributed by atoms with Gasteiger partial charge in [0.15, 0.2) is 0 Å². The van der Waals surface area contributed by atoms with Gasteiger partial charge in [-0.25, -0.2) is 0 Å². The normalized spacial score (nSPS) is 15.4. The third-order valence-electron chi connectivity index (χ3n) is 3.65. The van der Waals surface area contributed by atoms with Gasteiger partial charge in [0.05, 0.1) is 17.8 Å². The van der Waals surface area contributed by atoms with Crippen LogP contribution < -0.4 is 11.1 Å². The van der Waals surface area contributed by atoms with Gasteiger partial charge in [-0.15, -0.1) is 0 Å². The molecule has 1 aliphatic heterocycles. The van der Waals surface area contributed by atoms with E-state index in [1.807, 2.05) is 4.90 Å². The van der Waals surface area contributed by atoms with E-state index in [-0.39, 0.29) is 23.9 Å². The number of nitrogens with one attached hydrogen (secondary N) is 1. The van der Waals surface area contributed by atoms with E-state index in [2.05, 4.69) is 5.32 Å². The predicted octanol–water partition coefficient (Wildman–Crippen LogP) is -0.112. The van der Waals surface area contributed by atoms with Gasteiger partial charge < -0.3 is 16.0 Å². The second kappa shape index (κ2) is 7.04. The van der Waals surface area contributed by atoms with E-state index in [0.29, 0.717) is 31.9 Å². The molecule has 1 aromatic carbocycles. The van der Waals surface area contributed by atoms with Crippen LogP contribution in [0.3, 0.4) is 0 Å². The number of rotatable bonds is 4. The van der Waals surface area contributed by atoms with E-state index in [0.717, 1.165) is 0 Å². The van der Waals surface area contributed by atoms with Crippen molar-refractivity contribution in [1.29, 1.82) is 0 Å². The van der Waals surface area contributed by atoms with E-state index in [1.165, 1.54) is 0 Å². The van der Waals surface area contributed by atoms with Gasteiger partial charge in [-0.3, -0.25) is 19.3 Å². The van der Waals surface area contributed by atoms with E-state index >= 15 is 0 Å². The van der Waals surface area contributed by atoms with Crippen LogP contribution in [-0.2, 0) is 9.59 Å². The summed E-state index contributed by atoms with van der Waals surface area (Å²) in [5.41, 5.74) is 5.99. The minimum atomic E-state index is -0.578. The number of para-hydroxylation sites is 1. The van der Waals surface area contributed by atoms with Gasteiger partial charge in [0.2, 0.25) is 11.8 Å². The molecule has 1 aromatic rings. The number of piperazine rings is 1. The summed E-state index contributed by atoms with van der Waals surface area (Å²) < 4.78 is 0. The molecule has 1 heterocycles. The second-order valence-electron chi connectivity index (χ2n) is 5.24. The summed E-state index contributed by atoms with van der Waals surface area (Å²) in [6, 6.07) is 6.64. The first kappa shape index (κ1) is 16.0. The van der Waals surface area contributed by atoms with Crippen LogP contribution in [0.25, 0.3) is 0 Å². The number of hydrogen-bond acceptors (Lipinski definition) is 4. The molecule has 0 saturated carbocycles. The van der Waals surface area contributed by atoms with E-state index < -0.39 is 5.91 Å². The highest BCUT2D eigenvalue weighted by Crippen LogP contribution is 2.14. The first-order valence-corrected chi connectivity index (χ1v) is 7.14. The molecule has 1 saturated heterocycles. The number of nitrogens with zero attached hydrogens (tertiary/aromatic N) is 2. The van der Waals surface area contributed by atoms with Crippen LogP contribution in [0.5, 0.6) is 0 Å². The summed E-state index contributed by atoms with van der Waals surface area (Å²) >= 11 is 0. The maximum Gasteiger partial charge on any atom is 0.250 e. The Morgan fingerprint density at radius 2 is 1.77 bits per heavy atom. The van der Waals surface area contributed by atoms with Crippen molar-refractivity contribution < 1.29 is 14.4 Å². The van der Waals surface area contributed by atoms with E-state index in [1.54, 1.807) is 36.1 Å². The van der Waals surface area contributed by atoms with Gasteiger partial charge >= 0.3 is 0 Å². The Labute approximate surface area is 129 Å². The summed E-state index contributed by atoms with van der Waals surface area (Å²) in [7, 11) is 0. The number of carbonyl (C=O) groups is 3. The van der Waals surface area contributed by atoms with Crippen LogP contribution in [-0.4, -0.2) is 60.2 Å². The van der Waals surface area contributed by atoms with Crippen molar-refractivity contribution in [3.8, 4) is 0 Å². The molecule has 0 aliphatic carbocycles. The summed E-state index contributed by atoms with van der Waals surface area (Å²) in [5, 5.41) is 2.71. The third-order valence-corrected chi connectivity index (χ3v) is 3.65. The molecule has 0 atom stereocenters. The van der Waals surface area contributed by atoms with Gasteiger partial charge in [-0.05, 0) is 12.1 Å². The van der Waals surface area contributed by atoms with Gasteiger partial charge in [0, 0.05) is 33.1 Å². The molecular weight excluding hydrogens is 284 g/mol. The van der Waals surface area contributed by atoms with Crippen molar-refractivity contribution in [1.82, 2.24) is 9.80 Å². The van der Waals surface area contributed by atoms with Crippen molar-refractivity contribution in [2.75, 3.05) is 38.0 Å². The molecule has 0 spiro atoms. The van der Waals surface area contributed by atoms with Crippen molar-refractivity contribution >= 4 is 23.4 Å². The fourth-order valence-electron chi connectivity index (χ4n) is 2.42. The van der Waals surface area contributed by atoms with Crippen LogP contribution in [0.2, 0.25) is 0 Å². The lowest BCUT2D eigenvalue weighted by molar-refractivity contribution is -0.130. The maximum absolute atomic E-state index is 12.1. The number of carbonyl (C=O) groups excluding carboxylic acids is 3. The zero-order valence-corrected chi connectivity index (χ0v) is 12.5. The molecule has 1 fully saturated rings. The average Bonchev–Trinajstić information content (AvgIpc) is 2.48. The Morgan fingerprint density at radius 1 is 1.14 bits per heavy atom. The average molecular weight is 304 g/mol. The molecule has 0 unspecified atom stereocenters. The van der Waals surface area contributed by atoms with E-state index in [4.69, 9.17) is 5.73 Å². The van der Waals surface area contributed by atoms with Crippen molar-refractivity contribution in [3.05, 3.63) is 29.8 Å². The highest BCUT2D eigenvalue weighted by molar-refractivity contribution is 6.03. The Morgan fingerprint density at radius 3 is 2.36 bits per heavy atom. The Hall–Kier alpha value is -2.41. The Bertz CT molecular complexity index is 580. The lowest BCUT2D eigenvalue weighted by Crippen LogP contribution is -2.49. The molecule has 2 rings (SSSR count). The quantitative estimate of drug-likeness (QED) is 0.811. The molecule has 118 valence electrons. The molecule has 0 radical (unpaired) electrons. The SMILES string of the molecule is CC(=O)N1CCN(CC(=O)Nc2ccccc2C(N)=O)CC1. The standard InChI is InChI=1S/C15H20N4O3/c1-11(20)19-8-6-18(7-9-19)10-14(21)17-13-5-3-2-4-12(13)15(16)22/h2-5H,6-10H2,1H3,(H2,16,22)(H,17,21). The number of nitrogens with two attached hydrogens (primary N) is 1. The molecule has 22 heavy (non-hydrogen) atoms. The van der Waals surface area contributed by atoms with Gasteiger partial charge in [-0.2, -0.15) is 0 Å². The molecular formula is C15H20N4O3. The predicted molar refractivity (Wildman–Crippen MR) is 82.3 cm³/mol. The highest BCUT2D eigenvalue weighted by atomic mass is 16.2. The molecule has 1 aliphatic rings. The number of amides is 3. The minimum Gasteiger partial charge on any atom is -0.366 e. The molecule has 0 aromatic heterocycles.